The Labute approximate surface area is 232 Å². The van der Waals surface area contributed by atoms with E-state index in [1.165, 1.54) is 0 Å². The molecule has 0 fully saturated rings. The van der Waals surface area contributed by atoms with Crippen LogP contribution in [0.4, 0.5) is 5.69 Å². The van der Waals surface area contributed by atoms with Crippen molar-refractivity contribution in [2.45, 2.75) is 25.4 Å². The van der Waals surface area contributed by atoms with E-state index >= 15 is 0 Å². The van der Waals surface area contributed by atoms with Gasteiger partial charge in [0.05, 0.1) is 25.4 Å². The summed E-state index contributed by atoms with van der Waals surface area (Å²) in [6.07, 6.45) is 3.90. The van der Waals surface area contributed by atoms with Crippen LogP contribution in [0, 0.1) is 0 Å². The van der Waals surface area contributed by atoms with Gasteiger partial charge in [0.2, 0.25) is 6.10 Å². The van der Waals surface area contributed by atoms with E-state index in [1.54, 1.807) is 12.1 Å². The highest BCUT2D eigenvalue weighted by atomic mass is 35.5. The first-order valence-electron chi connectivity index (χ1n) is 12.7. The van der Waals surface area contributed by atoms with Crippen molar-refractivity contribution in [3.8, 4) is 17.2 Å². The number of hydrogen-bond donors (Lipinski definition) is 2. The highest BCUT2D eigenvalue weighted by Gasteiger charge is 2.31. The third-order valence-electron chi connectivity index (χ3n) is 6.06. The second-order valence-electron chi connectivity index (χ2n) is 8.99. The van der Waals surface area contributed by atoms with Crippen molar-refractivity contribution in [3.05, 3.63) is 82.9 Å². The predicted octanol–water partition coefficient (Wildman–Crippen LogP) is 5.88. The van der Waals surface area contributed by atoms with E-state index < -0.39 is 18.0 Å². The fourth-order valence-electron chi connectivity index (χ4n) is 4.15. The molecule has 0 aromatic heterocycles. The summed E-state index contributed by atoms with van der Waals surface area (Å²) in [5, 5.41) is 19.2. The van der Waals surface area contributed by atoms with Gasteiger partial charge < -0.3 is 29.3 Å². The number of ether oxygens (including phenoxy) is 3. The lowest BCUT2D eigenvalue weighted by molar-refractivity contribution is -0.145. The molecule has 8 nitrogen and oxygen atoms in total. The Kier molecular flexibility index (Phi) is 9.69. The highest BCUT2D eigenvalue weighted by molar-refractivity contribution is 6.30. The number of para-hydroxylation sites is 1. The minimum atomic E-state index is -1.06. The number of rotatable bonds is 13. The molecule has 0 aliphatic carbocycles. The van der Waals surface area contributed by atoms with E-state index in [1.807, 2.05) is 71.6 Å². The van der Waals surface area contributed by atoms with E-state index in [4.69, 9.17) is 30.9 Å². The van der Waals surface area contributed by atoms with Crippen molar-refractivity contribution < 1.29 is 34.0 Å². The molecule has 0 bridgehead atoms. The topological polar surface area (TPSA) is 106 Å². The molecular formula is C30H30ClNO7. The van der Waals surface area contributed by atoms with Crippen molar-refractivity contribution in [3.63, 3.8) is 0 Å². The molecular weight excluding hydrogens is 522 g/mol. The van der Waals surface area contributed by atoms with Crippen LogP contribution >= 0.6 is 11.6 Å². The number of carboxylic acid groups (broad SMARTS) is 2. The van der Waals surface area contributed by atoms with Crippen LogP contribution in [0.25, 0.3) is 12.2 Å². The number of aliphatic carboxylic acids is 2. The third kappa shape index (κ3) is 8.15. The number of carboxylic acids is 2. The summed E-state index contributed by atoms with van der Waals surface area (Å²) in [6, 6.07) is 20.5. The van der Waals surface area contributed by atoms with Crippen molar-refractivity contribution in [2.75, 3.05) is 31.2 Å². The number of halogens is 1. The van der Waals surface area contributed by atoms with Crippen LogP contribution in [0.2, 0.25) is 5.02 Å². The molecule has 3 aromatic rings. The molecule has 1 unspecified atom stereocenters. The van der Waals surface area contributed by atoms with Gasteiger partial charge in [-0.3, -0.25) is 4.79 Å². The van der Waals surface area contributed by atoms with Crippen LogP contribution in [-0.2, 0) is 9.59 Å². The van der Waals surface area contributed by atoms with Gasteiger partial charge in [0, 0.05) is 30.0 Å². The maximum atomic E-state index is 11.7. The summed E-state index contributed by atoms with van der Waals surface area (Å²) in [6.45, 7) is 1.61. The van der Waals surface area contributed by atoms with E-state index in [0.717, 1.165) is 34.7 Å². The summed E-state index contributed by atoms with van der Waals surface area (Å²) in [5.74, 6) is 0.0101. The van der Waals surface area contributed by atoms with Crippen LogP contribution in [0.1, 0.15) is 30.4 Å². The highest BCUT2D eigenvalue weighted by Crippen LogP contribution is 2.38. The minimum Gasteiger partial charge on any atom is -0.493 e. The quantitative estimate of drug-likeness (QED) is 0.200. The van der Waals surface area contributed by atoms with E-state index in [-0.39, 0.29) is 13.0 Å². The lowest BCUT2D eigenvalue weighted by atomic mass is 10.1. The number of benzene rings is 3. The lowest BCUT2D eigenvalue weighted by Crippen LogP contribution is -2.45. The van der Waals surface area contributed by atoms with Crippen LogP contribution in [-0.4, -0.2) is 54.6 Å². The molecule has 1 atom stereocenters. The second kappa shape index (κ2) is 13.6. The molecule has 9 heteroatoms. The zero-order valence-electron chi connectivity index (χ0n) is 21.3. The monoisotopic (exact) mass is 551 g/mol. The Morgan fingerprint density at radius 1 is 0.949 bits per heavy atom. The molecule has 39 heavy (non-hydrogen) atoms. The largest absolute Gasteiger partial charge is 0.493 e. The summed E-state index contributed by atoms with van der Waals surface area (Å²) >= 11 is 5.96. The average molecular weight is 552 g/mol. The fourth-order valence-corrected chi connectivity index (χ4v) is 4.33. The maximum absolute atomic E-state index is 11.7. The minimum absolute atomic E-state index is 0.0144. The maximum Gasteiger partial charge on any atom is 0.346 e. The Morgan fingerprint density at radius 2 is 1.69 bits per heavy atom. The van der Waals surface area contributed by atoms with Crippen LogP contribution in [0.15, 0.2) is 66.7 Å². The van der Waals surface area contributed by atoms with Gasteiger partial charge in [0.1, 0.15) is 11.5 Å². The number of anilines is 1. The van der Waals surface area contributed by atoms with Gasteiger partial charge in [-0.15, -0.1) is 0 Å². The Balaban J connectivity index is 1.34. The number of hydrogen-bond acceptors (Lipinski definition) is 6. The molecule has 1 heterocycles. The van der Waals surface area contributed by atoms with Gasteiger partial charge in [0.25, 0.3) is 0 Å². The van der Waals surface area contributed by atoms with E-state index in [2.05, 4.69) is 0 Å². The molecule has 3 aromatic carbocycles. The zero-order chi connectivity index (χ0) is 27.6. The molecule has 0 saturated carbocycles. The van der Waals surface area contributed by atoms with Crippen molar-refractivity contribution >= 4 is 41.4 Å². The van der Waals surface area contributed by atoms with Crippen LogP contribution in [0.3, 0.4) is 0 Å². The summed E-state index contributed by atoms with van der Waals surface area (Å²) in [7, 11) is 0. The molecule has 1 aliphatic heterocycles. The molecule has 0 amide bonds. The first-order valence-corrected chi connectivity index (χ1v) is 13.1. The predicted molar refractivity (Wildman–Crippen MR) is 150 cm³/mol. The number of carbonyl (C=O) groups is 2. The van der Waals surface area contributed by atoms with Crippen molar-refractivity contribution in [1.82, 2.24) is 0 Å². The lowest BCUT2D eigenvalue weighted by Gasteiger charge is -2.35. The average Bonchev–Trinajstić information content (AvgIpc) is 2.92. The van der Waals surface area contributed by atoms with Gasteiger partial charge in [-0.05, 0) is 48.4 Å². The molecule has 0 radical (unpaired) electrons. The molecule has 4 rings (SSSR count). The number of nitrogens with zero attached hydrogens (tertiary/aromatic N) is 1. The first kappa shape index (κ1) is 27.9. The van der Waals surface area contributed by atoms with Gasteiger partial charge in [-0.25, -0.2) is 4.79 Å². The Bertz CT molecular complexity index is 1310. The smallest absolute Gasteiger partial charge is 0.346 e. The second-order valence-corrected chi connectivity index (χ2v) is 9.43. The van der Waals surface area contributed by atoms with Crippen molar-refractivity contribution in [1.29, 1.82) is 0 Å². The fraction of sp³-hybridized carbons (Fsp3) is 0.267. The van der Waals surface area contributed by atoms with Crippen LogP contribution < -0.4 is 19.1 Å². The zero-order valence-corrected chi connectivity index (χ0v) is 22.0. The van der Waals surface area contributed by atoms with Crippen molar-refractivity contribution in [2.24, 2.45) is 0 Å². The first-order chi connectivity index (χ1) is 18.9. The van der Waals surface area contributed by atoms with Gasteiger partial charge in [-0.1, -0.05) is 54.1 Å². The van der Waals surface area contributed by atoms with E-state index in [0.29, 0.717) is 37.0 Å². The van der Waals surface area contributed by atoms with Gasteiger partial charge in [-0.2, -0.15) is 0 Å². The van der Waals surface area contributed by atoms with Crippen LogP contribution in [0.5, 0.6) is 17.2 Å². The summed E-state index contributed by atoms with van der Waals surface area (Å²) in [4.78, 5) is 24.5. The molecule has 2 N–H and O–H groups in total. The van der Waals surface area contributed by atoms with Gasteiger partial charge in [0.15, 0.2) is 5.75 Å². The van der Waals surface area contributed by atoms with E-state index in [9.17, 15) is 14.7 Å². The molecule has 0 spiro atoms. The molecule has 204 valence electrons. The molecule has 0 saturated heterocycles. The van der Waals surface area contributed by atoms with Gasteiger partial charge >= 0.3 is 11.9 Å². The standard InChI is InChI=1S/C30H30ClNO7/c31-23-6-2-7-25(19-23)38-18-4-17-37-24-14-11-21(12-15-24)10-13-22-5-1-8-26-29(22)39-27(30(35)36)20-32(26)16-3-9-28(33)34/h1-2,5-8,10-15,19,27H,3-4,9,16-18,20H2,(H,33,34)(H,35,36)/b13-10+. The SMILES string of the molecule is O=C(O)CCCN1CC(C(=O)O)Oc2c(/C=C/c3ccc(OCCCOc4cccc(Cl)c4)cc3)cccc21. The number of fused-ring (bicyclic) bond motifs is 1. The third-order valence-corrected chi connectivity index (χ3v) is 6.30. The summed E-state index contributed by atoms with van der Waals surface area (Å²) in [5.41, 5.74) is 2.43. The Morgan fingerprint density at radius 3 is 2.41 bits per heavy atom. The molecule has 1 aliphatic rings. The normalized spacial score (nSPS) is 14.5. The summed E-state index contributed by atoms with van der Waals surface area (Å²) < 4.78 is 17.3. The Hall–Kier alpha value is -4.17.